The van der Waals surface area contributed by atoms with E-state index in [2.05, 4.69) is 4.99 Å². The number of nitrogens with one attached hydrogen (secondary N) is 1. The third-order valence-corrected chi connectivity index (χ3v) is 1.71. The standard InChI is InChI=1S/C11H15N2/c1-11(2,3)10(12)13-9-7-5-4-6-8-9/h4-8,12H,1-3H3. The number of amidine groups is 1. The minimum Gasteiger partial charge on any atom is -0.286 e. The van der Waals surface area contributed by atoms with Crippen LogP contribution in [0.4, 0.5) is 5.69 Å². The van der Waals surface area contributed by atoms with Crippen molar-refractivity contribution in [3.8, 4) is 0 Å². The van der Waals surface area contributed by atoms with Crippen LogP contribution >= 0.6 is 0 Å². The van der Waals surface area contributed by atoms with Gasteiger partial charge in [-0.2, -0.15) is 0 Å². The van der Waals surface area contributed by atoms with Gasteiger partial charge in [0.25, 0.3) is 0 Å². The molecule has 69 valence electrons. The first-order chi connectivity index (χ1) is 6.00. The van der Waals surface area contributed by atoms with Crippen LogP contribution in [0.3, 0.4) is 0 Å². The Morgan fingerprint density at radius 1 is 1.15 bits per heavy atom. The molecule has 1 rings (SSSR count). The number of rotatable bonds is 1. The largest absolute Gasteiger partial charge is 0.286 e. The SMILES string of the molecule is CC(C)(C)C([NH])=Nc1ccccc1. The van der Waals surface area contributed by atoms with Gasteiger partial charge in [0.05, 0.1) is 5.69 Å². The summed E-state index contributed by atoms with van der Waals surface area (Å²) in [4.78, 5) is 4.21. The van der Waals surface area contributed by atoms with Crippen molar-refractivity contribution in [2.45, 2.75) is 20.8 Å². The lowest BCUT2D eigenvalue weighted by atomic mass is 9.95. The summed E-state index contributed by atoms with van der Waals surface area (Å²) in [7, 11) is 0. The Bertz CT molecular complexity index is 294. The number of para-hydroxylation sites is 1. The van der Waals surface area contributed by atoms with Gasteiger partial charge in [-0.3, -0.25) is 5.73 Å². The third-order valence-electron chi connectivity index (χ3n) is 1.71. The van der Waals surface area contributed by atoms with Crippen molar-refractivity contribution in [1.29, 1.82) is 0 Å². The highest BCUT2D eigenvalue weighted by molar-refractivity contribution is 5.87. The van der Waals surface area contributed by atoms with Crippen molar-refractivity contribution in [2.75, 3.05) is 0 Å². The predicted molar refractivity (Wildman–Crippen MR) is 56.1 cm³/mol. The first-order valence-electron chi connectivity index (χ1n) is 4.36. The lowest BCUT2D eigenvalue weighted by molar-refractivity contribution is 0.583. The zero-order chi connectivity index (χ0) is 9.90. The van der Waals surface area contributed by atoms with Crippen LogP contribution < -0.4 is 5.73 Å². The topological polar surface area (TPSA) is 36.2 Å². The van der Waals surface area contributed by atoms with Gasteiger partial charge in [0.2, 0.25) is 0 Å². The normalized spacial score (nSPS) is 13.0. The smallest absolute Gasteiger partial charge is 0.126 e. The van der Waals surface area contributed by atoms with E-state index >= 15 is 0 Å². The molecule has 0 amide bonds. The Hall–Kier alpha value is -1.31. The Kier molecular flexibility index (Phi) is 2.71. The first kappa shape index (κ1) is 9.78. The first-order valence-corrected chi connectivity index (χ1v) is 4.36. The Morgan fingerprint density at radius 3 is 2.15 bits per heavy atom. The van der Waals surface area contributed by atoms with E-state index < -0.39 is 0 Å². The predicted octanol–water partition coefficient (Wildman–Crippen LogP) is 3.05. The van der Waals surface area contributed by atoms with E-state index in [4.69, 9.17) is 5.73 Å². The van der Waals surface area contributed by atoms with Gasteiger partial charge < -0.3 is 0 Å². The molecule has 1 aromatic rings. The summed E-state index contributed by atoms with van der Waals surface area (Å²) in [5, 5.41) is 0. The van der Waals surface area contributed by atoms with Crippen molar-refractivity contribution in [1.82, 2.24) is 5.73 Å². The van der Waals surface area contributed by atoms with Gasteiger partial charge in [-0.1, -0.05) is 39.0 Å². The van der Waals surface area contributed by atoms with Gasteiger partial charge >= 0.3 is 0 Å². The number of hydrogen-bond acceptors (Lipinski definition) is 1. The maximum Gasteiger partial charge on any atom is 0.126 e. The third kappa shape index (κ3) is 2.90. The van der Waals surface area contributed by atoms with E-state index in [1.807, 2.05) is 51.1 Å². The monoisotopic (exact) mass is 175 g/mol. The minimum atomic E-state index is -0.171. The summed E-state index contributed by atoms with van der Waals surface area (Å²) >= 11 is 0. The quantitative estimate of drug-likeness (QED) is 0.464. The molecule has 2 heteroatoms. The molecule has 0 atom stereocenters. The zero-order valence-corrected chi connectivity index (χ0v) is 8.33. The lowest BCUT2D eigenvalue weighted by Gasteiger charge is -2.15. The van der Waals surface area contributed by atoms with Crippen LogP contribution in [0.25, 0.3) is 0 Å². The van der Waals surface area contributed by atoms with Gasteiger partial charge in [-0.25, -0.2) is 4.99 Å². The zero-order valence-electron chi connectivity index (χ0n) is 8.33. The molecule has 1 aromatic carbocycles. The van der Waals surface area contributed by atoms with Crippen molar-refractivity contribution in [3.05, 3.63) is 30.3 Å². The molecule has 0 aliphatic heterocycles. The number of benzene rings is 1. The van der Waals surface area contributed by atoms with Crippen LogP contribution in [0.15, 0.2) is 35.3 Å². The van der Waals surface area contributed by atoms with E-state index in [-0.39, 0.29) is 5.41 Å². The number of aliphatic imine (C=N–C) groups is 1. The van der Waals surface area contributed by atoms with E-state index in [1.54, 1.807) is 0 Å². The second kappa shape index (κ2) is 3.60. The molecule has 0 bridgehead atoms. The Labute approximate surface area is 79.5 Å². The van der Waals surface area contributed by atoms with E-state index in [0.717, 1.165) is 5.69 Å². The van der Waals surface area contributed by atoms with Crippen LogP contribution in [0.1, 0.15) is 20.8 Å². The highest BCUT2D eigenvalue weighted by Crippen LogP contribution is 2.18. The summed E-state index contributed by atoms with van der Waals surface area (Å²) in [6.07, 6.45) is 0. The van der Waals surface area contributed by atoms with Crippen molar-refractivity contribution in [3.63, 3.8) is 0 Å². The molecule has 0 saturated carbocycles. The molecule has 0 aliphatic rings. The summed E-state index contributed by atoms with van der Waals surface area (Å²) in [5.74, 6) is 0.415. The fraction of sp³-hybridized carbons (Fsp3) is 0.364. The second-order valence-electron chi connectivity index (χ2n) is 4.05. The highest BCUT2D eigenvalue weighted by atomic mass is 14.9. The summed E-state index contributed by atoms with van der Waals surface area (Å²) in [6.45, 7) is 5.96. The molecular weight excluding hydrogens is 160 g/mol. The van der Waals surface area contributed by atoms with Crippen LogP contribution in [-0.4, -0.2) is 5.84 Å². The van der Waals surface area contributed by atoms with Crippen molar-refractivity contribution in [2.24, 2.45) is 10.4 Å². The molecule has 0 saturated heterocycles. The van der Waals surface area contributed by atoms with Gasteiger partial charge in [-0.05, 0) is 12.1 Å². The molecule has 1 N–H and O–H groups in total. The molecular formula is C11H15N2. The molecule has 0 aliphatic carbocycles. The summed E-state index contributed by atoms with van der Waals surface area (Å²) in [6, 6.07) is 9.60. The molecule has 13 heavy (non-hydrogen) atoms. The maximum atomic E-state index is 7.71. The van der Waals surface area contributed by atoms with E-state index in [0.29, 0.717) is 5.84 Å². The highest BCUT2D eigenvalue weighted by Gasteiger charge is 2.15. The Balaban J connectivity index is 2.90. The molecule has 0 unspecified atom stereocenters. The van der Waals surface area contributed by atoms with Gasteiger partial charge in [0.1, 0.15) is 5.84 Å². The van der Waals surface area contributed by atoms with Gasteiger partial charge in [-0.15, -0.1) is 0 Å². The molecule has 0 fully saturated rings. The van der Waals surface area contributed by atoms with Gasteiger partial charge in [0, 0.05) is 5.41 Å². The molecule has 0 spiro atoms. The van der Waals surface area contributed by atoms with Crippen LogP contribution in [0, 0.1) is 5.41 Å². The number of hydrogen-bond donors (Lipinski definition) is 0. The van der Waals surface area contributed by atoms with Crippen molar-refractivity contribution >= 4 is 11.5 Å². The summed E-state index contributed by atoms with van der Waals surface area (Å²) < 4.78 is 0. The fourth-order valence-electron chi connectivity index (χ4n) is 0.799. The Morgan fingerprint density at radius 2 is 1.69 bits per heavy atom. The number of nitrogens with zero attached hydrogens (tertiary/aromatic N) is 1. The maximum absolute atomic E-state index is 7.71. The average molecular weight is 175 g/mol. The van der Waals surface area contributed by atoms with Gasteiger partial charge in [0.15, 0.2) is 0 Å². The molecule has 2 nitrogen and oxygen atoms in total. The second-order valence-corrected chi connectivity index (χ2v) is 4.05. The van der Waals surface area contributed by atoms with Crippen LogP contribution in [-0.2, 0) is 0 Å². The molecule has 0 aromatic heterocycles. The van der Waals surface area contributed by atoms with E-state index in [9.17, 15) is 0 Å². The molecule has 1 radical (unpaired) electrons. The lowest BCUT2D eigenvalue weighted by Crippen LogP contribution is -2.20. The van der Waals surface area contributed by atoms with E-state index in [1.165, 1.54) is 0 Å². The molecule has 0 heterocycles. The van der Waals surface area contributed by atoms with Crippen LogP contribution in [0.2, 0.25) is 0 Å². The van der Waals surface area contributed by atoms with Crippen molar-refractivity contribution < 1.29 is 0 Å². The van der Waals surface area contributed by atoms with Crippen LogP contribution in [0.5, 0.6) is 0 Å². The summed E-state index contributed by atoms with van der Waals surface area (Å²) in [5.41, 5.74) is 8.39. The average Bonchev–Trinajstić information content (AvgIpc) is 2.04. The minimum absolute atomic E-state index is 0.171. The fourth-order valence-corrected chi connectivity index (χ4v) is 0.799.